The average molecular weight is 293 g/mol. The van der Waals surface area contributed by atoms with Gasteiger partial charge in [-0.1, -0.05) is 25.7 Å². The number of carbonyl (C=O) groups is 2. The molecule has 1 saturated heterocycles. The molecule has 3 fully saturated rings. The fourth-order valence-corrected chi connectivity index (χ4v) is 4.73. The number of hydrogen-bond acceptors (Lipinski definition) is 2. The van der Waals surface area contributed by atoms with Crippen LogP contribution >= 0.6 is 0 Å². The second kappa shape index (κ2) is 6.37. The van der Waals surface area contributed by atoms with E-state index in [1.165, 1.54) is 32.1 Å². The highest BCUT2D eigenvalue weighted by Crippen LogP contribution is 2.43. The summed E-state index contributed by atoms with van der Waals surface area (Å²) in [7, 11) is 0. The van der Waals surface area contributed by atoms with Crippen LogP contribution in [0.3, 0.4) is 0 Å². The van der Waals surface area contributed by atoms with Crippen LogP contribution in [0.15, 0.2) is 0 Å². The summed E-state index contributed by atoms with van der Waals surface area (Å²) in [6.07, 6.45) is 10.2. The van der Waals surface area contributed by atoms with Gasteiger partial charge in [-0.15, -0.1) is 0 Å². The number of aliphatic carboxylic acids is 1. The van der Waals surface area contributed by atoms with Gasteiger partial charge in [-0.25, -0.2) is 0 Å². The molecule has 0 bridgehead atoms. The lowest BCUT2D eigenvalue weighted by Crippen LogP contribution is -2.46. The van der Waals surface area contributed by atoms with E-state index in [9.17, 15) is 9.59 Å². The standard InChI is InChI=1S/C17H27NO3/c19-16(18-9-3-6-15(11-18)17(20)21)14-8-7-12-4-1-2-5-13(12)10-14/h12-15H,1-11H2,(H,20,21). The van der Waals surface area contributed by atoms with Crippen LogP contribution in [-0.2, 0) is 9.59 Å². The average Bonchev–Trinajstić information content (AvgIpc) is 2.53. The van der Waals surface area contributed by atoms with E-state index >= 15 is 0 Å². The Morgan fingerprint density at radius 1 is 0.857 bits per heavy atom. The highest BCUT2D eigenvalue weighted by molar-refractivity contribution is 5.80. The second-order valence-electron chi connectivity index (χ2n) is 7.28. The summed E-state index contributed by atoms with van der Waals surface area (Å²) < 4.78 is 0. The monoisotopic (exact) mass is 293 g/mol. The van der Waals surface area contributed by atoms with Crippen LogP contribution in [0.5, 0.6) is 0 Å². The molecule has 0 radical (unpaired) electrons. The predicted molar refractivity (Wildman–Crippen MR) is 79.7 cm³/mol. The van der Waals surface area contributed by atoms with Gasteiger partial charge in [0.2, 0.25) is 5.91 Å². The van der Waals surface area contributed by atoms with Crippen LogP contribution in [0.1, 0.15) is 57.8 Å². The van der Waals surface area contributed by atoms with Crippen LogP contribution in [-0.4, -0.2) is 35.0 Å². The van der Waals surface area contributed by atoms with Crippen molar-refractivity contribution in [1.29, 1.82) is 0 Å². The quantitative estimate of drug-likeness (QED) is 0.851. The van der Waals surface area contributed by atoms with E-state index in [4.69, 9.17) is 5.11 Å². The third kappa shape index (κ3) is 3.24. The van der Waals surface area contributed by atoms with Crippen molar-refractivity contribution in [3.05, 3.63) is 0 Å². The maximum Gasteiger partial charge on any atom is 0.308 e. The zero-order chi connectivity index (χ0) is 14.8. The van der Waals surface area contributed by atoms with Crippen LogP contribution < -0.4 is 0 Å². The molecule has 0 aromatic rings. The van der Waals surface area contributed by atoms with Crippen molar-refractivity contribution >= 4 is 11.9 Å². The van der Waals surface area contributed by atoms with E-state index in [2.05, 4.69) is 0 Å². The number of nitrogens with zero attached hydrogens (tertiary/aromatic N) is 1. The number of fused-ring (bicyclic) bond motifs is 1. The van der Waals surface area contributed by atoms with Crippen molar-refractivity contribution in [2.45, 2.75) is 57.8 Å². The molecule has 3 aliphatic rings. The Morgan fingerprint density at radius 3 is 2.38 bits per heavy atom. The van der Waals surface area contributed by atoms with Crippen molar-refractivity contribution in [3.63, 3.8) is 0 Å². The van der Waals surface area contributed by atoms with E-state index in [0.717, 1.165) is 37.6 Å². The lowest BCUT2D eigenvalue weighted by molar-refractivity contribution is -0.147. The number of amides is 1. The summed E-state index contributed by atoms with van der Waals surface area (Å²) >= 11 is 0. The van der Waals surface area contributed by atoms with Crippen molar-refractivity contribution in [1.82, 2.24) is 4.90 Å². The molecule has 2 aliphatic carbocycles. The summed E-state index contributed by atoms with van der Waals surface area (Å²) in [5.41, 5.74) is 0. The number of carboxylic acids is 1. The molecule has 0 aromatic carbocycles. The summed E-state index contributed by atoms with van der Waals surface area (Å²) in [6.45, 7) is 1.19. The molecule has 2 saturated carbocycles. The zero-order valence-corrected chi connectivity index (χ0v) is 12.8. The van der Waals surface area contributed by atoms with Crippen molar-refractivity contribution in [3.8, 4) is 0 Å². The second-order valence-corrected chi connectivity index (χ2v) is 7.28. The van der Waals surface area contributed by atoms with Crippen LogP contribution in [0.25, 0.3) is 0 Å². The number of carboxylic acid groups (broad SMARTS) is 1. The van der Waals surface area contributed by atoms with E-state index < -0.39 is 5.97 Å². The van der Waals surface area contributed by atoms with E-state index in [1.54, 1.807) is 0 Å². The molecule has 4 nitrogen and oxygen atoms in total. The maximum atomic E-state index is 12.7. The van der Waals surface area contributed by atoms with Gasteiger partial charge in [-0.2, -0.15) is 0 Å². The molecule has 0 spiro atoms. The molecule has 4 atom stereocenters. The van der Waals surface area contributed by atoms with Crippen LogP contribution in [0, 0.1) is 23.7 Å². The molecule has 1 aliphatic heterocycles. The highest BCUT2D eigenvalue weighted by atomic mass is 16.4. The van der Waals surface area contributed by atoms with Gasteiger partial charge in [0, 0.05) is 19.0 Å². The number of hydrogen-bond donors (Lipinski definition) is 1. The maximum absolute atomic E-state index is 12.7. The number of likely N-dealkylation sites (tertiary alicyclic amines) is 1. The number of piperidine rings is 1. The zero-order valence-electron chi connectivity index (χ0n) is 12.8. The molecule has 0 aromatic heterocycles. The largest absolute Gasteiger partial charge is 0.481 e. The van der Waals surface area contributed by atoms with E-state index in [-0.39, 0.29) is 17.7 Å². The highest BCUT2D eigenvalue weighted by Gasteiger charge is 2.38. The molecule has 4 heteroatoms. The van der Waals surface area contributed by atoms with Crippen molar-refractivity contribution in [2.24, 2.45) is 23.7 Å². The Labute approximate surface area is 126 Å². The number of carbonyl (C=O) groups excluding carboxylic acids is 1. The first kappa shape index (κ1) is 14.9. The third-order valence-corrected chi connectivity index (χ3v) is 5.97. The summed E-state index contributed by atoms with van der Waals surface area (Å²) in [5, 5.41) is 9.16. The van der Waals surface area contributed by atoms with Crippen molar-refractivity contribution in [2.75, 3.05) is 13.1 Å². The molecule has 1 N–H and O–H groups in total. The summed E-state index contributed by atoms with van der Waals surface area (Å²) in [4.78, 5) is 25.7. The smallest absolute Gasteiger partial charge is 0.308 e. The van der Waals surface area contributed by atoms with Gasteiger partial charge in [0.1, 0.15) is 0 Å². The first-order valence-electron chi connectivity index (χ1n) is 8.66. The summed E-state index contributed by atoms with van der Waals surface area (Å²) in [6, 6.07) is 0. The minimum absolute atomic E-state index is 0.164. The molecule has 1 heterocycles. The Kier molecular flexibility index (Phi) is 4.51. The first-order chi connectivity index (χ1) is 10.1. The van der Waals surface area contributed by atoms with Crippen molar-refractivity contribution < 1.29 is 14.7 Å². The third-order valence-electron chi connectivity index (χ3n) is 5.97. The van der Waals surface area contributed by atoms with Gasteiger partial charge in [-0.3, -0.25) is 9.59 Å². The lowest BCUT2D eigenvalue weighted by atomic mass is 9.67. The molecule has 3 rings (SSSR count). The fraction of sp³-hybridized carbons (Fsp3) is 0.882. The Balaban J connectivity index is 1.58. The minimum atomic E-state index is -0.747. The molecule has 4 unspecified atom stereocenters. The number of rotatable bonds is 2. The van der Waals surface area contributed by atoms with E-state index in [1.807, 2.05) is 4.90 Å². The topological polar surface area (TPSA) is 57.6 Å². The lowest BCUT2D eigenvalue weighted by Gasteiger charge is -2.41. The molecular formula is C17H27NO3. The molecular weight excluding hydrogens is 266 g/mol. The predicted octanol–water partition coefficient (Wildman–Crippen LogP) is 2.92. The molecule has 1 amide bonds. The Morgan fingerprint density at radius 2 is 1.62 bits per heavy atom. The van der Waals surface area contributed by atoms with E-state index in [0.29, 0.717) is 13.0 Å². The SMILES string of the molecule is O=C(O)C1CCCN(C(=O)C2CCC3CCCCC3C2)C1. The first-order valence-corrected chi connectivity index (χ1v) is 8.66. The molecule has 21 heavy (non-hydrogen) atoms. The molecule has 118 valence electrons. The van der Waals surface area contributed by atoms with Gasteiger partial charge in [0.25, 0.3) is 0 Å². The van der Waals surface area contributed by atoms with Gasteiger partial charge in [0.05, 0.1) is 5.92 Å². The van der Waals surface area contributed by atoms with Gasteiger partial charge in [0.15, 0.2) is 0 Å². The Bertz CT molecular complexity index is 409. The van der Waals surface area contributed by atoms with Crippen LogP contribution in [0.2, 0.25) is 0 Å². The summed E-state index contributed by atoms with van der Waals surface area (Å²) in [5.74, 6) is 0.913. The van der Waals surface area contributed by atoms with Gasteiger partial charge < -0.3 is 10.0 Å². The van der Waals surface area contributed by atoms with Crippen LogP contribution in [0.4, 0.5) is 0 Å². The normalized spacial score (nSPS) is 36.9. The fourth-order valence-electron chi connectivity index (χ4n) is 4.73. The minimum Gasteiger partial charge on any atom is -0.481 e. The Hall–Kier alpha value is -1.06. The van der Waals surface area contributed by atoms with Gasteiger partial charge >= 0.3 is 5.97 Å². The van der Waals surface area contributed by atoms with Gasteiger partial charge in [-0.05, 0) is 43.9 Å².